The number of methoxy groups -OCH3 is 1. The van der Waals surface area contributed by atoms with E-state index in [9.17, 15) is 4.79 Å². The van der Waals surface area contributed by atoms with Crippen LogP contribution in [0.2, 0.25) is 0 Å². The number of benzene rings is 1. The highest BCUT2D eigenvalue weighted by Gasteiger charge is 2.17. The minimum atomic E-state index is -0.304. The summed E-state index contributed by atoms with van der Waals surface area (Å²) in [6.45, 7) is 1.15. The minimum absolute atomic E-state index is 0.236. The van der Waals surface area contributed by atoms with E-state index in [2.05, 4.69) is 15.6 Å². The smallest absolute Gasteiger partial charge is 0.321 e. The Kier molecular flexibility index (Phi) is 3.57. The van der Waals surface area contributed by atoms with Gasteiger partial charge in [-0.15, -0.1) is 0 Å². The second kappa shape index (κ2) is 5.51. The summed E-state index contributed by atoms with van der Waals surface area (Å²) in [5.41, 5.74) is 0.770. The summed E-state index contributed by atoms with van der Waals surface area (Å²) in [5, 5.41) is 5.88. The van der Waals surface area contributed by atoms with Gasteiger partial charge < -0.3 is 19.5 Å². The van der Waals surface area contributed by atoms with Gasteiger partial charge in [-0.05, 0) is 0 Å². The number of carbonyl (C=O) groups excluding carboxylic acids is 1. The molecule has 0 aliphatic carbocycles. The van der Waals surface area contributed by atoms with Gasteiger partial charge in [0.05, 0.1) is 16.8 Å². The van der Waals surface area contributed by atoms with Crippen LogP contribution in [0.4, 0.5) is 9.93 Å². The monoisotopic (exact) mass is 295 g/mol. The first-order valence-corrected chi connectivity index (χ1v) is 6.82. The van der Waals surface area contributed by atoms with E-state index >= 15 is 0 Å². The van der Waals surface area contributed by atoms with E-state index in [0.29, 0.717) is 29.8 Å². The number of hydrogen-bond donors (Lipinski definition) is 2. The van der Waals surface area contributed by atoms with Crippen LogP contribution >= 0.6 is 11.3 Å². The molecule has 0 atom stereocenters. The van der Waals surface area contributed by atoms with Gasteiger partial charge in [0.2, 0.25) is 6.79 Å². The molecule has 0 spiro atoms. The third-order valence-electron chi connectivity index (χ3n) is 2.69. The van der Waals surface area contributed by atoms with Crippen molar-refractivity contribution >= 4 is 32.7 Å². The number of ether oxygens (including phenoxy) is 3. The lowest BCUT2D eigenvalue weighted by atomic mass is 10.3. The van der Waals surface area contributed by atoms with Gasteiger partial charge in [-0.1, -0.05) is 11.3 Å². The van der Waals surface area contributed by atoms with Crippen molar-refractivity contribution in [2.45, 2.75) is 0 Å². The Balaban J connectivity index is 1.71. The van der Waals surface area contributed by atoms with Gasteiger partial charge in [0.25, 0.3) is 0 Å². The molecule has 0 bridgehead atoms. The molecule has 8 heteroatoms. The third-order valence-corrected chi connectivity index (χ3v) is 3.63. The molecular formula is C12H13N3O4S. The van der Waals surface area contributed by atoms with Gasteiger partial charge in [-0.3, -0.25) is 5.32 Å². The Labute approximate surface area is 118 Å². The minimum Gasteiger partial charge on any atom is -0.454 e. The predicted molar refractivity (Wildman–Crippen MR) is 74.6 cm³/mol. The standard InChI is InChI=1S/C12H13N3O4S/c1-17-3-2-13-11(16)15-12-14-7-4-8-9(19-6-18-8)5-10(7)20-12/h4-5H,2-3,6H2,1H3,(H2,13,14,15,16). The van der Waals surface area contributed by atoms with Crippen molar-refractivity contribution in [2.24, 2.45) is 0 Å². The van der Waals surface area contributed by atoms with Crippen LogP contribution in [0.15, 0.2) is 12.1 Å². The van der Waals surface area contributed by atoms with Crippen LogP contribution in [0, 0.1) is 0 Å². The molecule has 0 unspecified atom stereocenters. The summed E-state index contributed by atoms with van der Waals surface area (Å²) < 4.78 is 16.4. The second-order valence-electron chi connectivity index (χ2n) is 4.07. The zero-order valence-corrected chi connectivity index (χ0v) is 11.6. The highest BCUT2D eigenvalue weighted by Crippen LogP contribution is 2.38. The Morgan fingerprint density at radius 2 is 2.25 bits per heavy atom. The van der Waals surface area contributed by atoms with Crippen molar-refractivity contribution in [1.29, 1.82) is 0 Å². The van der Waals surface area contributed by atoms with Crippen molar-refractivity contribution in [2.75, 3.05) is 32.4 Å². The van der Waals surface area contributed by atoms with Gasteiger partial charge >= 0.3 is 6.03 Å². The van der Waals surface area contributed by atoms with Gasteiger partial charge in [0.15, 0.2) is 16.6 Å². The molecule has 1 aliphatic rings. The SMILES string of the molecule is COCCNC(=O)Nc1nc2cc3c(cc2s1)OCO3. The van der Waals surface area contributed by atoms with E-state index in [1.54, 1.807) is 7.11 Å². The largest absolute Gasteiger partial charge is 0.454 e. The summed E-state index contributed by atoms with van der Waals surface area (Å²) in [6, 6.07) is 3.37. The van der Waals surface area contributed by atoms with E-state index in [1.807, 2.05) is 12.1 Å². The number of amides is 2. The summed E-state index contributed by atoms with van der Waals surface area (Å²) >= 11 is 1.38. The Bertz CT molecular complexity index is 602. The van der Waals surface area contributed by atoms with Crippen LogP contribution in [0.3, 0.4) is 0 Å². The second-order valence-corrected chi connectivity index (χ2v) is 5.10. The molecule has 0 saturated carbocycles. The average Bonchev–Trinajstić information content (AvgIpc) is 3.00. The Hall–Kier alpha value is -2.06. The zero-order chi connectivity index (χ0) is 13.9. The topological polar surface area (TPSA) is 81.7 Å². The van der Waals surface area contributed by atoms with Crippen molar-refractivity contribution in [3.05, 3.63) is 12.1 Å². The molecule has 2 aromatic rings. The molecule has 7 nitrogen and oxygen atoms in total. The number of fused-ring (bicyclic) bond motifs is 2. The number of urea groups is 1. The number of rotatable bonds is 4. The number of hydrogen-bond acceptors (Lipinski definition) is 6. The van der Waals surface area contributed by atoms with Crippen LogP contribution in [-0.4, -0.2) is 38.1 Å². The van der Waals surface area contributed by atoms with Crippen LogP contribution in [0.25, 0.3) is 10.2 Å². The molecule has 3 rings (SSSR count). The van der Waals surface area contributed by atoms with Crippen molar-refractivity contribution in [3.8, 4) is 11.5 Å². The lowest BCUT2D eigenvalue weighted by Crippen LogP contribution is -2.31. The average molecular weight is 295 g/mol. The summed E-state index contributed by atoms with van der Waals surface area (Å²) in [4.78, 5) is 15.9. The number of carbonyl (C=O) groups is 1. The first-order chi connectivity index (χ1) is 9.76. The fourth-order valence-corrected chi connectivity index (χ4v) is 2.65. The molecule has 0 radical (unpaired) electrons. The molecular weight excluding hydrogens is 282 g/mol. The Morgan fingerprint density at radius 1 is 1.45 bits per heavy atom. The van der Waals surface area contributed by atoms with Crippen LogP contribution in [0.5, 0.6) is 11.5 Å². The van der Waals surface area contributed by atoms with E-state index in [4.69, 9.17) is 14.2 Å². The first-order valence-electron chi connectivity index (χ1n) is 6.00. The Morgan fingerprint density at radius 3 is 3.05 bits per heavy atom. The molecule has 0 saturated heterocycles. The molecule has 2 N–H and O–H groups in total. The van der Waals surface area contributed by atoms with Gasteiger partial charge in [0, 0.05) is 25.8 Å². The zero-order valence-electron chi connectivity index (χ0n) is 10.8. The summed E-state index contributed by atoms with van der Waals surface area (Å²) in [5.74, 6) is 1.39. The van der Waals surface area contributed by atoms with Crippen molar-refractivity contribution in [3.63, 3.8) is 0 Å². The number of nitrogens with zero attached hydrogens (tertiary/aromatic N) is 1. The lowest BCUT2D eigenvalue weighted by molar-refractivity contribution is 0.174. The first kappa shape index (κ1) is 12.9. The van der Waals surface area contributed by atoms with Gasteiger partial charge in [-0.2, -0.15) is 0 Å². The van der Waals surface area contributed by atoms with Crippen LogP contribution < -0.4 is 20.1 Å². The number of nitrogens with one attached hydrogen (secondary N) is 2. The molecule has 0 fully saturated rings. The van der Waals surface area contributed by atoms with Crippen LogP contribution in [0.1, 0.15) is 0 Å². The van der Waals surface area contributed by atoms with Crippen LogP contribution in [-0.2, 0) is 4.74 Å². The molecule has 106 valence electrons. The van der Waals surface area contributed by atoms with E-state index < -0.39 is 0 Å². The van der Waals surface area contributed by atoms with E-state index in [0.717, 1.165) is 10.2 Å². The van der Waals surface area contributed by atoms with Crippen molar-refractivity contribution < 1.29 is 19.0 Å². The molecule has 20 heavy (non-hydrogen) atoms. The fourth-order valence-electron chi connectivity index (χ4n) is 1.78. The third kappa shape index (κ3) is 2.61. The van der Waals surface area contributed by atoms with E-state index in [1.165, 1.54) is 11.3 Å². The highest BCUT2D eigenvalue weighted by molar-refractivity contribution is 7.22. The number of aromatic nitrogens is 1. The van der Waals surface area contributed by atoms with E-state index in [-0.39, 0.29) is 12.8 Å². The van der Waals surface area contributed by atoms with Crippen molar-refractivity contribution in [1.82, 2.24) is 10.3 Å². The fraction of sp³-hybridized carbons (Fsp3) is 0.333. The van der Waals surface area contributed by atoms with Gasteiger partial charge in [0.1, 0.15) is 0 Å². The molecule has 1 aliphatic heterocycles. The lowest BCUT2D eigenvalue weighted by Gasteiger charge is -2.03. The predicted octanol–water partition coefficient (Wildman–Crippen LogP) is 1.79. The van der Waals surface area contributed by atoms with Gasteiger partial charge in [-0.25, -0.2) is 9.78 Å². The maximum absolute atomic E-state index is 11.6. The quantitative estimate of drug-likeness (QED) is 0.840. The maximum Gasteiger partial charge on any atom is 0.321 e. The highest BCUT2D eigenvalue weighted by atomic mass is 32.1. The normalized spacial score (nSPS) is 12.7. The molecule has 2 amide bonds. The number of thiazole rings is 1. The molecule has 1 aromatic heterocycles. The summed E-state index contributed by atoms with van der Waals surface area (Å²) in [6.07, 6.45) is 0. The number of anilines is 1. The molecule has 2 heterocycles. The molecule has 1 aromatic carbocycles. The maximum atomic E-state index is 11.6. The summed E-state index contributed by atoms with van der Waals surface area (Å²) in [7, 11) is 1.58.